The molecule has 0 heterocycles. The lowest BCUT2D eigenvalue weighted by Gasteiger charge is -2.03. The average molecular weight is 178 g/mol. The third-order valence-corrected chi connectivity index (χ3v) is 1.63. The first kappa shape index (κ1) is 9.25. The molecule has 0 saturated heterocycles. The van der Waals surface area contributed by atoms with Crippen LogP contribution in [0, 0.1) is 6.92 Å². The summed E-state index contributed by atoms with van der Waals surface area (Å²) >= 11 is 0. The normalized spacial score (nSPS) is 9.31. The van der Waals surface area contributed by atoms with Gasteiger partial charge < -0.3 is 5.73 Å². The van der Waals surface area contributed by atoms with Crippen LogP contribution in [0.5, 0.6) is 0 Å². The topological polar surface area (TPSA) is 72.2 Å². The highest BCUT2D eigenvalue weighted by molar-refractivity contribution is 6.04. The number of nitrogens with one attached hydrogen (secondary N) is 1. The SMILES string of the molecule is Cc1ccccc1C(=O)NC(N)=O. The first-order chi connectivity index (χ1) is 6.11. The van der Waals surface area contributed by atoms with Crippen LogP contribution in [0.2, 0.25) is 0 Å². The number of benzene rings is 1. The van der Waals surface area contributed by atoms with Crippen LogP contribution in [0.3, 0.4) is 0 Å². The van der Waals surface area contributed by atoms with Gasteiger partial charge in [0.2, 0.25) is 0 Å². The number of urea groups is 1. The minimum Gasteiger partial charge on any atom is -0.351 e. The lowest BCUT2D eigenvalue weighted by atomic mass is 10.1. The van der Waals surface area contributed by atoms with Crippen LogP contribution in [0.4, 0.5) is 4.79 Å². The number of hydrogen-bond acceptors (Lipinski definition) is 2. The number of carbonyl (C=O) groups excluding carboxylic acids is 2. The van der Waals surface area contributed by atoms with Crippen molar-refractivity contribution in [2.75, 3.05) is 0 Å². The Labute approximate surface area is 75.7 Å². The van der Waals surface area contributed by atoms with E-state index in [1.165, 1.54) is 0 Å². The number of nitrogens with two attached hydrogens (primary N) is 1. The molecule has 1 aromatic carbocycles. The number of rotatable bonds is 1. The Bertz CT molecular complexity index is 347. The second-order valence-corrected chi connectivity index (χ2v) is 2.63. The number of imide groups is 1. The van der Waals surface area contributed by atoms with E-state index in [1.54, 1.807) is 25.1 Å². The fraction of sp³-hybridized carbons (Fsp3) is 0.111. The second-order valence-electron chi connectivity index (χ2n) is 2.63. The van der Waals surface area contributed by atoms with Gasteiger partial charge in [-0.05, 0) is 18.6 Å². The van der Waals surface area contributed by atoms with Crippen molar-refractivity contribution in [3.8, 4) is 0 Å². The lowest BCUT2D eigenvalue weighted by Crippen LogP contribution is -2.35. The molecule has 13 heavy (non-hydrogen) atoms. The highest BCUT2D eigenvalue weighted by Gasteiger charge is 2.08. The third-order valence-electron chi connectivity index (χ3n) is 1.63. The van der Waals surface area contributed by atoms with Crippen molar-refractivity contribution in [3.05, 3.63) is 35.4 Å². The summed E-state index contributed by atoms with van der Waals surface area (Å²) in [6.07, 6.45) is 0. The van der Waals surface area contributed by atoms with Gasteiger partial charge in [-0.3, -0.25) is 10.1 Å². The molecule has 0 atom stereocenters. The molecule has 0 spiro atoms. The van der Waals surface area contributed by atoms with Gasteiger partial charge in [-0.25, -0.2) is 4.79 Å². The third kappa shape index (κ3) is 2.30. The molecule has 0 bridgehead atoms. The van der Waals surface area contributed by atoms with Crippen LogP contribution < -0.4 is 11.1 Å². The van der Waals surface area contributed by atoms with Crippen molar-refractivity contribution in [2.24, 2.45) is 5.73 Å². The molecule has 0 radical (unpaired) electrons. The number of aryl methyl sites for hydroxylation is 1. The van der Waals surface area contributed by atoms with E-state index in [9.17, 15) is 9.59 Å². The quantitative estimate of drug-likeness (QED) is 0.667. The maximum absolute atomic E-state index is 11.3. The summed E-state index contributed by atoms with van der Waals surface area (Å²) < 4.78 is 0. The molecule has 1 aromatic rings. The van der Waals surface area contributed by atoms with Crippen LogP contribution in [-0.2, 0) is 0 Å². The van der Waals surface area contributed by atoms with Gasteiger partial charge in [-0.1, -0.05) is 18.2 Å². The molecule has 68 valence electrons. The fourth-order valence-electron chi connectivity index (χ4n) is 1.01. The maximum Gasteiger partial charge on any atom is 0.319 e. The molecule has 0 aliphatic heterocycles. The Morgan fingerprint density at radius 3 is 2.46 bits per heavy atom. The van der Waals surface area contributed by atoms with E-state index in [0.717, 1.165) is 5.56 Å². The van der Waals surface area contributed by atoms with Crippen LogP contribution in [0.15, 0.2) is 24.3 Å². The molecule has 0 saturated carbocycles. The summed E-state index contributed by atoms with van der Waals surface area (Å²) in [4.78, 5) is 21.6. The van der Waals surface area contributed by atoms with Crippen molar-refractivity contribution in [1.29, 1.82) is 0 Å². The summed E-state index contributed by atoms with van der Waals surface area (Å²) in [5.74, 6) is -0.467. The number of amides is 3. The first-order valence-electron chi connectivity index (χ1n) is 3.77. The Balaban J connectivity index is 2.89. The van der Waals surface area contributed by atoms with Crippen molar-refractivity contribution in [1.82, 2.24) is 5.32 Å². The molecule has 1 rings (SSSR count). The predicted octanol–water partition coefficient (Wildman–Crippen LogP) is 0.804. The van der Waals surface area contributed by atoms with E-state index < -0.39 is 11.9 Å². The molecule has 4 heteroatoms. The van der Waals surface area contributed by atoms with E-state index in [1.807, 2.05) is 11.4 Å². The zero-order chi connectivity index (χ0) is 9.84. The Hall–Kier alpha value is -1.84. The summed E-state index contributed by atoms with van der Waals surface area (Å²) in [5.41, 5.74) is 6.08. The van der Waals surface area contributed by atoms with Gasteiger partial charge in [0.15, 0.2) is 0 Å². The molecule has 0 fully saturated rings. The molecular formula is C9H10N2O2. The van der Waals surface area contributed by atoms with Crippen LogP contribution in [-0.4, -0.2) is 11.9 Å². The molecule has 0 aromatic heterocycles. The standard InChI is InChI=1S/C9H10N2O2/c1-6-4-2-3-5-7(6)8(12)11-9(10)13/h2-5H,1H3,(H3,10,11,12,13). The van der Waals surface area contributed by atoms with Gasteiger partial charge in [0.1, 0.15) is 0 Å². The highest BCUT2D eigenvalue weighted by Crippen LogP contribution is 2.05. The molecular weight excluding hydrogens is 168 g/mol. The highest BCUT2D eigenvalue weighted by atomic mass is 16.2. The van der Waals surface area contributed by atoms with Crippen molar-refractivity contribution < 1.29 is 9.59 Å². The summed E-state index contributed by atoms with van der Waals surface area (Å²) in [6.45, 7) is 1.79. The van der Waals surface area contributed by atoms with Crippen LogP contribution in [0.1, 0.15) is 15.9 Å². The lowest BCUT2D eigenvalue weighted by molar-refractivity contribution is 0.0965. The van der Waals surface area contributed by atoms with Gasteiger partial charge in [0.25, 0.3) is 5.91 Å². The molecule has 0 aliphatic carbocycles. The van der Waals surface area contributed by atoms with Crippen LogP contribution in [0.25, 0.3) is 0 Å². The summed E-state index contributed by atoms with van der Waals surface area (Å²) in [6, 6.07) is 6.12. The van der Waals surface area contributed by atoms with Gasteiger partial charge in [-0.2, -0.15) is 0 Å². The number of carbonyl (C=O) groups is 2. The molecule has 3 N–H and O–H groups in total. The average Bonchev–Trinajstić information content (AvgIpc) is 2.03. The Morgan fingerprint density at radius 1 is 1.31 bits per heavy atom. The van der Waals surface area contributed by atoms with Crippen molar-refractivity contribution in [3.63, 3.8) is 0 Å². The maximum atomic E-state index is 11.3. The number of primary amides is 1. The van der Waals surface area contributed by atoms with Gasteiger partial charge in [0.05, 0.1) is 0 Å². The second kappa shape index (κ2) is 3.71. The minimum atomic E-state index is -0.840. The Morgan fingerprint density at radius 2 is 1.92 bits per heavy atom. The van der Waals surface area contributed by atoms with Gasteiger partial charge in [-0.15, -0.1) is 0 Å². The largest absolute Gasteiger partial charge is 0.351 e. The fourth-order valence-corrected chi connectivity index (χ4v) is 1.01. The van der Waals surface area contributed by atoms with Gasteiger partial charge >= 0.3 is 6.03 Å². The smallest absolute Gasteiger partial charge is 0.319 e. The monoisotopic (exact) mass is 178 g/mol. The molecule has 0 aliphatic rings. The zero-order valence-corrected chi connectivity index (χ0v) is 7.20. The zero-order valence-electron chi connectivity index (χ0n) is 7.20. The van der Waals surface area contributed by atoms with E-state index in [4.69, 9.17) is 5.73 Å². The van der Waals surface area contributed by atoms with Gasteiger partial charge in [0, 0.05) is 5.56 Å². The van der Waals surface area contributed by atoms with Crippen molar-refractivity contribution >= 4 is 11.9 Å². The van der Waals surface area contributed by atoms with Crippen LogP contribution >= 0.6 is 0 Å². The van der Waals surface area contributed by atoms with E-state index in [-0.39, 0.29) is 0 Å². The minimum absolute atomic E-state index is 0.460. The molecule has 4 nitrogen and oxygen atoms in total. The summed E-state index contributed by atoms with van der Waals surface area (Å²) in [5, 5.41) is 2.00. The van der Waals surface area contributed by atoms with E-state index in [0.29, 0.717) is 5.56 Å². The predicted molar refractivity (Wildman–Crippen MR) is 48.2 cm³/mol. The first-order valence-corrected chi connectivity index (χ1v) is 3.77. The van der Waals surface area contributed by atoms with E-state index in [2.05, 4.69) is 0 Å². The molecule has 0 unspecified atom stereocenters. The number of hydrogen-bond donors (Lipinski definition) is 2. The van der Waals surface area contributed by atoms with E-state index >= 15 is 0 Å². The van der Waals surface area contributed by atoms with Crippen molar-refractivity contribution in [2.45, 2.75) is 6.92 Å². The summed E-state index contributed by atoms with van der Waals surface area (Å²) in [7, 11) is 0. The Kier molecular flexibility index (Phi) is 2.64. The molecule has 3 amide bonds.